The Labute approximate surface area is 190 Å². The van der Waals surface area contributed by atoms with Gasteiger partial charge in [-0.1, -0.05) is 30.3 Å². The number of benzene rings is 2. The number of amides is 1. The van der Waals surface area contributed by atoms with Gasteiger partial charge in [0.25, 0.3) is 5.91 Å². The first kappa shape index (κ1) is 22.0. The fraction of sp³-hybridized carbons (Fsp3) is 0.167. The Morgan fingerprint density at radius 3 is 2.64 bits per heavy atom. The molecule has 168 valence electrons. The Bertz CT molecular complexity index is 1230. The van der Waals surface area contributed by atoms with Crippen LogP contribution in [0.3, 0.4) is 0 Å². The SMILES string of the molecule is CNC(=O)c1ccc(Nc2ncc(-c3ncco3)c(N[C@H](CO)c3ccccc3)n2)cc1C. The molecule has 2 heterocycles. The highest BCUT2D eigenvalue weighted by atomic mass is 16.3. The van der Waals surface area contributed by atoms with E-state index in [1.165, 1.54) is 6.26 Å². The van der Waals surface area contributed by atoms with E-state index < -0.39 is 6.04 Å². The topological polar surface area (TPSA) is 125 Å². The molecule has 0 aliphatic rings. The molecule has 0 spiro atoms. The number of anilines is 3. The number of aliphatic hydroxyl groups excluding tert-OH is 1. The van der Waals surface area contributed by atoms with Crippen molar-refractivity contribution < 1.29 is 14.3 Å². The molecule has 0 saturated heterocycles. The van der Waals surface area contributed by atoms with Gasteiger partial charge < -0.3 is 25.5 Å². The van der Waals surface area contributed by atoms with Crippen molar-refractivity contribution in [1.29, 1.82) is 0 Å². The number of hydrogen-bond donors (Lipinski definition) is 4. The predicted molar refractivity (Wildman–Crippen MR) is 125 cm³/mol. The molecule has 4 aromatic rings. The van der Waals surface area contributed by atoms with Gasteiger partial charge in [0.1, 0.15) is 12.1 Å². The highest BCUT2D eigenvalue weighted by molar-refractivity contribution is 5.95. The van der Waals surface area contributed by atoms with E-state index in [0.717, 1.165) is 16.8 Å². The number of hydrogen-bond acceptors (Lipinski definition) is 8. The number of nitrogens with zero attached hydrogens (tertiary/aromatic N) is 3. The zero-order chi connectivity index (χ0) is 23.2. The number of nitrogens with one attached hydrogen (secondary N) is 3. The maximum absolute atomic E-state index is 11.9. The summed E-state index contributed by atoms with van der Waals surface area (Å²) >= 11 is 0. The second kappa shape index (κ2) is 9.92. The molecule has 0 fully saturated rings. The zero-order valence-electron chi connectivity index (χ0n) is 18.2. The van der Waals surface area contributed by atoms with Crippen LogP contribution in [0, 0.1) is 6.92 Å². The normalized spacial score (nSPS) is 11.6. The fourth-order valence-corrected chi connectivity index (χ4v) is 3.41. The molecule has 4 N–H and O–H groups in total. The molecule has 0 radical (unpaired) electrons. The summed E-state index contributed by atoms with van der Waals surface area (Å²) in [6, 6.07) is 14.6. The lowest BCUT2D eigenvalue weighted by molar-refractivity contribution is 0.0962. The summed E-state index contributed by atoms with van der Waals surface area (Å²) in [5.74, 6) is 1.01. The third-order valence-electron chi connectivity index (χ3n) is 5.10. The highest BCUT2D eigenvalue weighted by Crippen LogP contribution is 2.29. The van der Waals surface area contributed by atoms with Gasteiger partial charge in [0.05, 0.1) is 24.4 Å². The first-order chi connectivity index (χ1) is 16.1. The van der Waals surface area contributed by atoms with Crippen molar-refractivity contribution in [1.82, 2.24) is 20.3 Å². The van der Waals surface area contributed by atoms with Crippen molar-refractivity contribution in [3.8, 4) is 11.5 Å². The van der Waals surface area contributed by atoms with Gasteiger partial charge in [0, 0.05) is 24.5 Å². The number of rotatable bonds is 8. The molecule has 0 bridgehead atoms. The van der Waals surface area contributed by atoms with Crippen LogP contribution in [0.5, 0.6) is 0 Å². The lowest BCUT2D eigenvalue weighted by atomic mass is 10.1. The number of oxazole rings is 1. The monoisotopic (exact) mass is 444 g/mol. The standard InChI is InChI=1S/C24H24N6O3/c1-15-12-17(8-9-18(15)22(32)25-2)28-24-27-13-19(23-26-10-11-33-23)21(30-24)29-20(14-31)16-6-4-3-5-7-16/h3-13,20,31H,14H2,1-2H3,(H,25,32)(H2,27,28,29,30)/t20-/m1/s1. The van der Waals surface area contributed by atoms with Gasteiger partial charge in [-0.2, -0.15) is 4.98 Å². The highest BCUT2D eigenvalue weighted by Gasteiger charge is 2.18. The van der Waals surface area contributed by atoms with Gasteiger partial charge in [0.15, 0.2) is 0 Å². The van der Waals surface area contributed by atoms with E-state index in [0.29, 0.717) is 28.8 Å². The van der Waals surface area contributed by atoms with Crippen LogP contribution in [0.2, 0.25) is 0 Å². The minimum Gasteiger partial charge on any atom is -0.444 e. The summed E-state index contributed by atoms with van der Waals surface area (Å²) in [7, 11) is 1.60. The Kier molecular flexibility index (Phi) is 6.61. The van der Waals surface area contributed by atoms with E-state index >= 15 is 0 Å². The van der Waals surface area contributed by atoms with Crippen LogP contribution in [-0.4, -0.2) is 39.6 Å². The maximum atomic E-state index is 11.9. The van der Waals surface area contributed by atoms with Crippen LogP contribution >= 0.6 is 0 Å². The molecule has 0 saturated carbocycles. The summed E-state index contributed by atoms with van der Waals surface area (Å²) in [6.07, 6.45) is 4.63. The lowest BCUT2D eigenvalue weighted by Gasteiger charge is -2.19. The smallest absolute Gasteiger partial charge is 0.251 e. The molecule has 0 aliphatic carbocycles. The minimum absolute atomic E-state index is 0.137. The molecule has 33 heavy (non-hydrogen) atoms. The van der Waals surface area contributed by atoms with Crippen molar-refractivity contribution in [2.24, 2.45) is 0 Å². The predicted octanol–water partition coefficient (Wildman–Crippen LogP) is 3.69. The van der Waals surface area contributed by atoms with Crippen LogP contribution in [0.15, 0.2) is 71.6 Å². The second-order valence-corrected chi connectivity index (χ2v) is 7.32. The summed E-state index contributed by atoms with van der Waals surface area (Å²) < 4.78 is 5.45. The van der Waals surface area contributed by atoms with Crippen LogP contribution in [-0.2, 0) is 0 Å². The van der Waals surface area contributed by atoms with E-state index in [1.54, 1.807) is 31.6 Å². The maximum Gasteiger partial charge on any atom is 0.251 e. The third-order valence-corrected chi connectivity index (χ3v) is 5.10. The molecule has 9 nitrogen and oxygen atoms in total. The van der Waals surface area contributed by atoms with E-state index in [2.05, 4.69) is 30.9 Å². The van der Waals surface area contributed by atoms with E-state index in [1.807, 2.05) is 43.3 Å². The zero-order valence-corrected chi connectivity index (χ0v) is 18.2. The van der Waals surface area contributed by atoms with Crippen LogP contribution < -0.4 is 16.0 Å². The van der Waals surface area contributed by atoms with E-state index in [-0.39, 0.29) is 12.5 Å². The number of carbonyl (C=O) groups excluding carboxylic acids is 1. The van der Waals surface area contributed by atoms with Gasteiger partial charge in [-0.25, -0.2) is 9.97 Å². The van der Waals surface area contributed by atoms with Crippen LogP contribution in [0.1, 0.15) is 27.5 Å². The fourth-order valence-electron chi connectivity index (χ4n) is 3.41. The van der Waals surface area contributed by atoms with Gasteiger partial charge in [0.2, 0.25) is 11.8 Å². The first-order valence-corrected chi connectivity index (χ1v) is 10.4. The summed E-state index contributed by atoms with van der Waals surface area (Å²) in [4.78, 5) is 25.2. The van der Waals surface area contributed by atoms with Crippen molar-refractivity contribution in [2.45, 2.75) is 13.0 Å². The molecule has 4 rings (SSSR count). The molecule has 2 aromatic carbocycles. The quantitative estimate of drug-likeness (QED) is 0.324. The van der Waals surface area contributed by atoms with Gasteiger partial charge >= 0.3 is 0 Å². The Hall–Kier alpha value is -4.24. The van der Waals surface area contributed by atoms with E-state index in [9.17, 15) is 9.90 Å². The molecule has 9 heteroatoms. The Balaban J connectivity index is 1.65. The number of aromatic nitrogens is 3. The number of aryl methyl sites for hydroxylation is 1. The van der Waals surface area contributed by atoms with Crippen molar-refractivity contribution in [3.63, 3.8) is 0 Å². The summed E-state index contributed by atoms with van der Waals surface area (Å²) in [5.41, 5.74) is 3.62. The third kappa shape index (κ3) is 4.99. The minimum atomic E-state index is -0.392. The average Bonchev–Trinajstić information content (AvgIpc) is 3.37. The van der Waals surface area contributed by atoms with Crippen LogP contribution in [0.4, 0.5) is 17.5 Å². The first-order valence-electron chi connectivity index (χ1n) is 10.4. The van der Waals surface area contributed by atoms with Crippen molar-refractivity contribution in [3.05, 3.63) is 83.9 Å². The average molecular weight is 444 g/mol. The lowest BCUT2D eigenvalue weighted by Crippen LogP contribution is -2.19. The molecule has 0 unspecified atom stereocenters. The molecule has 1 amide bonds. The Morgan fingerprint density at radius 1 is 1.15 bits per heavy atom. The molecule has 2 aromatic heterocycles. The van der Waals surface area contributed by atoms with E-state index in [4.69, 9.17) is 4.42 Å². The molecular weight excluding hydrogens is 420 g/mol. The van der Waals surface area contributed by atoms with Crippen molar-refractivity contribution in [2.75, 3.05) is 24.3 Å². The second-order valence-electron chi connectivity index (χ2n) is 7.32. The molecular formula is C24H24N6O3. The van der Waals surface area contributed by atoms with Gasteiger partial charge in [-0.3, -0.25) is 4.79 Å². The number of aliphatic hydroxyl groups is 1. The summed E-state index contributed by atoms with van der Waals surface area (Å²) in [6.45, 7) is 1.73. The van der Waals surface area contributed by atoms with Gasteiger partial charge in [-0.15, -0.1) is 0 Å². The Morgan fingerprint density at radius 2 is 1.97 bits per heavy atom. The summed E-state index contributed by atoms with van der Waals surface area (Å²) in [5, 5.41) is 19.1. The van der Waals surface area contributed by atoms with Gasteiger partial charge in [-0.05, 0) is 36.2 Å². The molecule has 0 aliphatic heterocycles. The number of carbonyl (C=O) groups is 1. The van der Waals surface area contributed by atoms with Crippen molar-refractivity contribution >= 4 is 23.4 Å². The molecule has 1 atom stereocenters. The largest absolute Gasteiger partial charge is 0.444 e. The van der Waals surface area contributed by atoms with Crippen LogP contribution in [0.25, 0.3) is 11.5 Å².